The molecule has 0 atom stereocenters. The van der Waals surface area contributed by atoms with E-state index >= 15 is 0 Å². The molecule has 1 heterocycles. The maximum Gasteiger partial charge on any atom is 0.267 e. The van der Waals surface area contributed by atoms with Gasteiger partial charge in [-0.2, -0.15) is 0 Å². The number of benzene rings is 4. The summed E-state index contributed by atoms with van der Waals surface area (Å²) in [5, 5.41) is 0.687. The molecule has 0 aliphatic heterocycles. The van der Waals surface area contributed by atoms with Gasteiger partial charge in [-0.25, -0.2) is 0 Å². The van der Waals surface area contributed by atoms with Crippen molar-refractivity contribution in [2.24, 2.45) is 0 Å². The third-order valence-corrected chi connectivity index (χ3v) is 8.05. The largest absolute Gasteiger partial charge is 0.479 e. The minimum Gasteiger partial charge on any atom is -0.479 e. The molecular weight excluding hydrogens is 560 g/mol. The molecule has 4 aromatic carbocycles. The zero-order valence-corrected chi connectivity index (χ0v) is 24.2. The molecule has 0 saturated carbocycles. The number of ether oxygens (including phenoxy) is 1. The van der Waals surface area contributed by atoms with Crippen LogP contribution in [0.25, 0.3) is 22.5 Å². The number of hydrogen-bond acceptors (Lipinski definition) is 5. The van der Waals surface area contributed by atoms with E-state index in [-0.39, 0.29) is 15.4 Å². The van der Waals surface area contributed by atoms with E-state index in [4.69, 9.17) is 28.6 Å². The van der Waals surface area contributed by atoms with Crippen molar-refractivity contribution in [2.75, 3.05) is 0 Å². The Balaban J connectivity index is 1.74. The summed E-state index contributed by atoms with van der Waals surface area (Å²) in [5.41, 5.74) is 0.832. The number of carbonyl (C=O) groups excluding carboxylic acids is 1. The molecule has 200 valence electrons. The molecule has 0 fully saturated rings. The number of hydrogen-bond donors (Lipinski definition) is 0. The molecule has 0 aliphatic rings. The van der Waals surface area contributed by atoms with Crippen LogP contribution in [0.15, 0.2) is 125 Å². The first-order valence-electron chi connectivity index (χ1n) is 12.5. The molecule has 0 amide bonds. The average molecular weight is 585 g/mol. The van der Waals surface area contributed by atoms with Crippen LogP contribution in [-0.2, 0) is 4.79 Å². The van der Waals surface area contributed by atoms with Gasteiger partial charge in [0.15, 0.2) is 10.4 Å². The number of rotatable bonds is 7. The van der Waals surface area contributed by atoms with Gasteiger partial charge in [-0.05, 0) is 91.9 Å². The van der Waals surface area contributed by atoms with Crippen LogP contribution in [0, 0.1) is 4.77 Å². The van der Waals surface area contributed by atoms with E-state index in [9.17, 15) is 9.59 Å². The maximum atomic E-state index is 14.3. The predicted molar refractivity (Wildman–Crippen MR) is 165 cm³/mol. The lowest BCUT2D eigenvalue weighted by molar-refractivity contribution is -0.122. The van der Waals surface area contributed by atoms with E-state index in [1.807, 2.05) is 91.0 Å². The predicted octanol–water partition coefficient (Wildman–Crippen LogP) is 8.15. The van der Waals surface area contributed by atoms with Crippen LogP contribution in [0.5, 0.6) is 5.75 Å². The molecule has 0 saturated heterocycles. The molecule has 0 bridgehead atoms. The Morgan fingerprint density at radius 3 is 1.82 bits per heavy atom. The molecule has 5 nitrogen and oxygen atoms in total. The van der Waals surface area contributed by atoms with Crippen molar-refractivity contribution >= 4 is 40.7 Å². The first kappa shape index (κ1) is 27.6. The lowest BCUT2D eigenvalue weighted by atomic mass is 10.1. The van der Waals surface area contributed by atoms with Crippen LogP contribution in [0.3, 0.4) is 0 Å². The lowest BCUT2D eigenvalue weighted by Gasteiger charge is -2.26. The zero-order chi connectivity index (χ0) is 28.3. The van der Waals surface area contributed by atoms with Crippen LogP contribution in [0.1, 0.15) is 13.8 Å². The van der Waals surface area contributed by atoms with Crippen molar-refractivity contribution in [2.45, 2.75) is 24.5 Å². The van der Waals surface area contributed by atoms with Crippen molar-refractivity contribution < 1.29 is 9.53 Å². The smallest absolute Gasteiger partial charge is 0.267 e. The van der Waals surface area contributed by atoms with Crippen molar-refractivity contribution in [3.05, 3.63) is 135 Å². The Morgan fingerprint density at radius 2 is 1.27 bits per heavy atom. The standard InChI is InChI=1S/C32H25ClN2O3S2/c1-32(2,38-26-20-18-23(33)19-21-26)30(37)40-29-27(22-12-6-3-7-13-22)28(36)34(24-14-8-4-9-15-24)31(39)35(29)25-16-10-5-11-17-25/h3-21H,1-2H3. The molecule has 5 rings (SSSR count). The molecule has 5 aromatic rings. The third-order valence-electron chi connectivity index (χ3n) is 6.18. The van der Waals surface area contributed by atoms with Gasteiger partial charge < -0.3 is 4.74 Å². The molecule has 0 N–H and O–H groups in total. The van der Waals surface area contributed by atoms with Gasteiger partial charge in [-0.3, -0.25) is 18.7 Å². The van der Waals surface area contributed by atoms with E-state index < -0.39 is 5.60 Å². The van der Waals surface area contributed by atoms with Crippen molar-refractivity contribution in [1.29, 1.82) is 0 Å². The van der Waals surface area contributed by atoms with Crippen molar-refractivity contribution in [3.8, 4) is 28.3 Å². The highest BCUT2D eigenvalue weighted by atomic mass is 35.5. The molecule has 1 aromatic heterocycles. The Morgan fingerprint density at radius 1 is 0.775 bits per heavy atom. The van der Waals surface area contributed by atoms with E-state index in [1.165, 1.54) is 4.57 Å². The van der Waals surface area contributed by atoms with E-state index in [2.05, 4.69) is 0 Å². The third kappa shape index (κ3) is 5.68. The fraction of sp³-hybridized carbons (Fsp3) is 0.0938. The highest BCUT2D eigenvalue weighted by Gasteiger charge is 2.34. The Labute approximate surface area is 246 Å². The van der Waals surface area contributed by atoms with Crippen LogP contribution in [-0.4, -0.2) is 19.9 Å². The SMILES string of the molecule is CC(C)(Oc1ccc(Cl)cc1)C(=O)Sc1c(-c2ccccc2)c(=O)n(-c2ccccc2)c(=S)n1-c1ccccc1. The van der Waals surface area contributed by atoms with Crippen LogP contribution in [0.2, 0.25) is 5.02 Å². The quantitative estimate of drug-likeness (QED) is 0.110. The Hall–Kier alpha value is -3.91. The van der Waals surface area contributed by atoms with Crippen LogP contribution >= 0.6 is 35.6 Å². The summed E-state index contributed by atoms with van der Waals surface area (Å²) in [5.74, 6) is 0.506. The monoisotopic (exact) mass is 584 g/mol. The van der Waals surface area contributed by atoms with Crippen molar-refractivity contribution in [1.82, 2.24) is 9.13 Å². The molecule has 0 radical (unpaired) electrons. The van der Waals surface area contributed by atoms with Crippen LogP contribution in [0.4, 0.5) is 0 Å². The summed E-state index contributed by atoms with van der Waals surface area (Å²) in [4.78, 5) is 28.2. The molecule has 0 aliphatic carbocycles. The van der Waals surface area contributed by atoms with Gasteiger partial charge in [0.05, 0.1) is 11.3 Å². The second kappa shape index (κ2) is 11.7. The zero-order valence-electron chi connectivity index (χ0n) is 21.8. The summed E-state index contributed by atoms with van der Waals surface area (Å²) in [6, 6.07) is 34.9. The molecule has 0 spiro atoms. The maximum absolute atomic E-state index is 14.3. The van der Waals surface area contributed by atoms with Gasteiger partial charge in [0.1, 0.15) is 10.8 Å². The summed E-state index contributed by atoms with van der Waals surface area (Å²) in [6.07, 6.45) is 0. The lowest BCUT2D eigenvalue weighted by Crippen LogP contribution is -2.37. The molecule has 0 unspecified atom stereocenters. The summed E-state index contributed by atoms with van der Waals surface area (Å²) in [7, 11) is 0. The first-order valence-corrected chi connectivity index (χ1v) is 14.1. The number of nitrogens with zero attached hydrogens (tertiary/aromatic N) is 2. The number of para-hydroxylation sites is 2. The first-order chi connectivity index (χ1) is 19.3. The topological polar surface area (TPSA) is 53.2 Å². The van der Waals surface area contributed by atoms with E-state index in [0.717, 1.165) is 17.4 Å². The van der Waals surface area contributed by atoms with Gasteiger partial charge in [-0.1, -0.05) is 78.3 Å². The van der Waals surface area contributed by atoms with Gasteiger partial charge in [0.2, 0.25) is 5.12 Å². The fourth-order valence-corrected chi connectivity index (χ4v) is 5.82. The summed E-state index contributed by atoms with van der Waals surface area (Å²) >= 11 is 12.9. The van der Waals surface area contributed by atoms with Gasteiger partial charge in [0, 0.05) is 10.7 Å². The summed E-state index contributed by atoms with van der Waals surface area (Å²) in [6.45, 7) is 3.40. The highest BCUT2D eigenvalue weighted by molar-refractivity contribution is 8.13. The average Bonchev–Trinajstić information content (AvgIpc) is 2.96. The molecule has 40 heavy (non-hydrogen) atoms. The normalized spacial score (nSPS) is 11.3. The Kier molecular flexibility index (Phi) is 8.07. The minimum atomic E-state index is -1.24. The minimum absolute atomic E-state index is 0.244. The molecular formula is C32H25ClN2O3S2. The molecule has 8 heteroatoms. The van der Waals surface area contributed by atoms with E-state index in [1.54, 1.807) is 42.7 Å². The highest BCUT2D eigenvalue weighted by Crippen LogP contribution is 2.36. The van der Waals surface area contributed by atoms with Crippen molar-refractivity contribution in [3.63, 3.8) is 0 Å². The van der Waals surface area contributed by atoms with Crippen LogP contribution < -0.4 is 10.3 Å². The fourth-order valence-electron chi connectivity index (χ4n) is 4.20. The number of aromatic nitrogens is 2. The Bertz CT molecular complexity index is 1690. The van der Waals surface area contributed by atoms with Gasteiger partial charge >= 0.3 is 0 Å². The number of carbonyl (C=O) groups is 1. The van der Waals surface area contributed by atoms with Gasteiger partial charge in [0.25, 0.3) is 5.56 Å². The second-order valence-electron chi connectivity index (χ2n) is 9.43. The van der Waals surface area contributed by atoms with Gasteiger partial charge in [-0.15, -0.1) is 0 Å². The number of thioether (sulfide) groups is 1. The summed E-state index contributed by atoms with van der Waals surface area (Å²) < 4.78 is 9.63. The number of halogens is 1. The van der Waals surface area contributed by atoms with E-state index in [0.29, 0.717) is 32.6 Å². The second-order valence-corrected chi connectivity index (χ2v) is 11.2.